The first-order valence-corrected chi connectivity index (χ1v) is 11.4. The van der Waals surface area contributed by atoms with Gasteiger partial charge in [-0.25, -0.2) is 12.7 Å². The van der Waals surface area contributed by atoms with Crippen molar-refractivity contribution >= 4 is 26.8 Å². The highest BCUT2D eigenvalue weighted by molar-refractivity contribution is 7.88. The summed E-state index contributed by atoms with van der Waals surface area (Å²) in [6.45, 7) is 2.69. The van der Waals surface area contributed by atoms with Crippen molar-refractivity contribution in [2.24, 2.45) is 18.9 Å². The molecule has 7 nitrogen and oxygen atoms in total. The Labute approximate surface area is 160 Å². The quantitative estimate of drug-likeness (QED) is 0.800. The molecule has 1 aromatic heterocycles. The molecule has 0 spiro atoms. The van der Waals surface area contributed by atoms with Crippen LogP contribution in [0.15, 0.2) is 24.3 Å². The van der Waals surface area contributed by atoms with Gasteiger partial charge in [-0.1, -0.05) is 18.2 Å². The first kappa shape index (κ1) is 18.4. The molecule has 3 heterocycles. The fourth-order valence-corrected chi connectivity index (χ4v) is 5.43. The molecule has 0 saturated carbocycles. The summed E-state index contributed by atoms with van der Waals surface area (Å²) >= 11 is 0. The van der Waals surface area contributed by atoms with Gasteiger partial charge in [0.05, 0.1) is 11.8 Å². The molecule has 0 N–H and O–H groups in total. The number of hydrogen-bond acceptors (Lipinski definition) is 4. The Morgan fingerprint density at radius 1 is 1.07 bits per heavy atom. The Hall–Kier alpha value is -1.93. The van der Waals surface area contributed by atoms with Crippen LogP contribution in [0.25, 0.3) is 10.9 Å². The van der Waals surface area contributed by atoms with Crippen LogP contribution in [0.1, 0.15) is 29.8 Å². The zero-order valence-electron chi connectivity index (χ0n) is 15.8. The van der Waals surface area contributed by atoms with Crippen LogP contribution in [0.4, 0.5) is 0 Å². The smallest absolute Gasteiger partial charge is 0.275 e. The number of benzene rings is 1. The summed E-state index contributed by atoms with van der Waals surface area (Å²) in [5.41, 5.74) is 1.49. The SMILES string of the molecule is Cn1nc(C(=O)N2CCC(C3CCN(S(C)(=O)=O)CC3)C2)c2ccccc21. The molecule has 0 bridgehead atoms. The average Bonchev–Trinajstić information content (AvgIpc) is 3.26. The third-order valence-corrected chi connectivity index (χ3v) is 7.41. The molecule has 8 heteroatoms. The largest absolute Gasteiger partial charge is 0.337 e. The number of aromatic nitrogens is 2. The first-order valence-electron chi connectivity index (χ1n) is 9.50. The van der Waals surface area contributed by atoms with Crippen molar-refractivity contribution in [3.05, 3.63) is 30.0 Å². The van der Waals surface area contributed by atoms with Crippen molar-refractivity contribution in [2.75, 3.05) is 32.4 Å². The number of likely N-dealkylation sites (tertiary alicyclic amines) is 1. The summed E-state index contributed by atoms with van der Waals surface area (Å²) in [6, 6.07) is 7.81. The summed E-state index contributed by atoms with van der Waals surface area (Å²) in [5, 5.41) is 5.36. The Kier molecular flexibility index (Phi) is 4.71. The van der Waals surface area contributed by atoms with Gasteiger partial charge in [0.1, 0.15) is 0 Å². The van der Waals surface area contributed by atoms with E-state index in [0.717, 1.165) is 43.3 Å². The number of rotatable bonds is 3. The summed E-state index contributed by atoms with van der Waals surface area (Å²) in [5.74, 6) is 0.940. The molecule has 2 aromatic rings. The van der Waals surface area contributed by atoms with Gasteiger partial charge in [0.2, 0.25) is 10.0 Å². The van der Waals surface area contributed by atoms with Crippen LogP contribution in [-0.2, 0) is 17.1 Å². The second-order valence-electron chi connectivity index (χ2n) is 7.79. The van der Waals surface area contributed by atoms with Crippen molar-refractivity contribution in [1.29, 1.82) is 0 Å². The van der Waals surface area contributed by atoms with Crippen molar-refractivity contribution in [1.82, 2.24) is 19.0 Å². The molecule has 2 saturated heterocycles. The number of nitrogens with zero attached hydrogens (tertiary/aromatic N) is 4. The molecule has 146 valence electrons. The predicted octanol–water partition coefficient (Wildman–Crippen LogP) is 1.71. The maximum absolute atomic E-state index is 13.0. The van der Waals surface area contributed by atoms with E-state index in [9.17, 15) is 13.2 Å². The van der Waals surface area contributed by atoms with E-state index in [1.54, 1.807) is 8.99 Å². The van der Waals surface area contributed by atoms with E-state index in [0.29, 0.717) is 30.6 Å². The number of para-hydroxylation sites is 1. The molecule has 1 atom stereocenters. The third kappa shape index (κ3) is 3.48. The Morgan fingerprint density at radius 3 is 2.44 bits per heavy atom. The van der Waals surface area contributed by atoms with E-state index < -0.39 is 10.0 Å². The molecule has 4 rings (SSSR count). The minimum atomic E-state index is -3.09. The molecule has 1 unspecified atom stereocenters. The maximum atomic E-state index is 13.0. The predicted molar refractivity (Wildman–Crippen MR) is 104 cm³/mol. The van der Waals surface area contributed by atoms with Gasteiger partial charge >= 0.3 is 0 Å². The molecule has 2 aliphatic rings. The molecule has 2 aliphatic heterocycles. The van der Waals surface area contributed by atoms with Gasteiger partial charge in [0.25, 0.3) is 5.91 Å². The molecular weight excluding hydrogens is 364 g/mol. The highest BCUT2D eigenvalue weighted by Gasteiger charge is 2.36. The lowest BCUT2D eigenvalue weighted by Crippen LogP contribution is -2.40. The molecule has 0 radical (unpaired) electrons. The number of amides is 1. The number of carbonyl (C=O) groups excluding carboxylic acids is 1. The van der Waals surface area contributed by atoms with Gasteiger partial charge in [-0.2, -0.15) is 5.10 Å². The lowest BCUT2D eigenvalue weighted by Gasteiger charge is -2.33. The van der Waals surface area contributed by atoms with Crippen LogP contribution in [0, 0.1) is 11.8 Å². The van der Waals surface area contributed by atoms with E-state index in [1.807, 2.05) is 36.2 Å². The minimum absolute atomic E-state index is 0.00266. The summed E-state index contributed by atoms with van der Waals surface area (Å²) < 4.78 is 26.7. The minimum Gasteiger partial charge on any atom is -0.337 e. The topological polar surface area (TPSA) is 75.5 Å². The van der Waals surface area contributed by atoms with Crippen molar-refractivity contribution in [3.8, 4) is 0 Å². The third-order valence-electron chi connectivity index (χ3n) is 6.11. The lowest BCUT2D eigenvalue weighted by molar-refractivity contribution is 0.0774. The number of fused-ring (bicyclic) bond motifs is 1. The molecule has 1 aromatic carbocycles. The maximum Gasteiger partial charge on any atom is 0.275 e. The number of hydrogen-bond donors (Lipinski definition) is 0. The van der Waals surface area contributed by atoms with Crippen LogP contribution in [0.2, 0.25) is 0 Å². The van der Waals surface area contributed by atoms with Crippen LogP contribution >= 0.6 is 0 Å². The Balaban J connectivity index is 1.43. The number of carbonyl (C=O) groups is 1. The van der Waals surface area contributed by atoms with E-state index in [2.05, 4.69) is 5.10 Å². The van der Waals surface area contributed by atoms with Gasteiger partial charge in [-0.05, 0) is 37.2 Å². The Morgan fingerprint density at radius 2 is 1.74 bits per heavy atom. The highest BCUT2D eigenvalue weighted by Crippen LogP contribution is 2.33. The van der Waals surface area contributed by atoms with Crippen LogP contribution < -0.4 is 0 Å². The molecule has 0 aliphatic carbocycles. The summed E-state index contributed by atoms with van der Waals surface area (Å²) in [6.07, 6.45) is 4.03. The van der Waals surface area contributed by atoms with Gasteiger partial charge < -0.3 is 4.90 Å². The molecular formula is C19H26N4O3S. The van der Waals surface area contributed by atoms with E-state index >= 15 is 0 Å². The summed E-state index contributed by atoms with van der Waals surface area (Å²) in [7, 11) is -1.23. The molecule has 27 heavy (non-hydrogen) atoms. The zero-order valence-corrected chi connectivity index (χ0v) is 16.7. The van der Waals surface area contributed by atoms with E-state index in [1.165, 1.54) is 6.26 Å². The molecule has 1 amide bonds. The second kappa shape index (κ2) is 6.91. The first-order chi connectivity index (χ1) is 12.8. The Bertz CT molecular complexity index is 960. The van der Waals surface area contributed by atoms with E-state index in [-0.39, 0.29) is 5.91 Å². The average molecular weight is 391 g/mol. The fraction of sp³-hybridized carbons (Fsp3) is 0.579. The van der Waals surface area contributed by atoms with Crippen LogP contribution in [-0.4, -0.2) is 65.7 Å². The van der Waals surface area contributed by atoms with Gasteiger partial charge in [-0.15, -0.1) is 0 Å². The van der Waals surface area contributed by atoms with Crippen molar-refractivity contribution < 1.29 is 13.2 Å². The monoisotopic (exact) mass is 390 g/mol. The fourth-order valence-electron chi connectivity index (χ4n) is 4.56. The zero-order chi connectivity index (χ0) is 19.2. The number of aryl methyl sites for hydroxylation is 1. The highest BCUT2D eigenvalue weighted by atomic mass is 32.2. The summed E-state index contributed by atoms with van der Waals surface area (Å²) in [4.78, 5) is 15.0. The number of piperidine rings is 1. The molecule has 2 fully saturated rings. The number of sulfonamides is 1. The van der Waals surface area contributed by atoms with Crippen LogP contribution in [0.5, 0.6) is 0 Å². The standard InChI is InChI=1S/C19H26N4O3S/c1-21-17-6-4-3-5-16(17)18(20-21)19(24)22-10-7-15(13-22)14-8-11-23(12-9-14)27(2,25)26/h3-6,14-15H,7-13H2,1-2H3. The van der Waals surface area contributed by atoms with Gasteiger partial charge in [0.15, 0.2) is 5.69 Å². The van der Waals surface area contributed by atoms with E-state index in [4.69, 9.17) is 0 Å². The lowest BCUT2D eigenvalue weighted by atomic mass is 9.84. The van der Waals surface area contributed by atoms with Crippen molar-refractivity contribution in [3.63, 3.8) is 0 Å². The second-order valence-corrected chi connectivity index (χ2v) is 9.77. The van der Waals surface area contributed by atoms with Crippen molar-refractivity contribution in [2.45, 2.75) is 19.3 Å². The van der Waals surface area contributed by atoms with Gasteiger partial charge in [0, 0.05) is 38.6 Å². The van der Waals surface area contributed by atoms with Crippen LogP contribution in [0.3, 0.4) is 0 Å². The van der Waals surface area contributed by atoms with Gasteiger partial charge in [-0.3, -0.25) is 9.48 Å². The normalized spacial score (nSPS) is 22.6.